The molecule has 1 fully saturated rings. The van der Waals surface area contributed by atoms with Crippen LogP contribution < -0.4 is 5.32 Å². The van der Waals surface area contributed by atoms with Crippen LogP contribution in [-0.4, -0.2) is 43.2 Å². The second-order valence-electron chi connectivity index (χ2n) is 2.73. The molecule has 1 N–H and O–H groups in total. The second-order valence-corrected chi connectivity index (χ2v) is 2.73. The molecule has 13 heavy (non-hydrogen) atoms. The van der Waals surface area contributed by atoms with Crippen molar-refractivity contribution in [1.82, 2.24) is 10.2 Å². The number of amides is 1. The van der Waals surface area contributed by atoms with Crippen LogP contribution in [0.15, 0.2) is 0 Å². The van der Waals surface area contributed by atoms with Gasteiger partial charge in [-0.25, -0.2) is 0 Å². The van der Waals surface area contributed by atoms with Gasteiger partial charge in [0.05, 0.1) is 6.04 Å². The number of nitrogens with zero attached hydrogens (tertiary/aromatic N) is 1. The van der Waals surface area contributed by atoms with Crippen molar-refractivity contribution in [3.8, 4) is 0 Å². The summed E-state index contributed by atoms with van der Waals surface area (Å²) in [6, 6.07) is -0.306. The zero-order chi connectivity index (χ0) is 9.35. The fraction of sp³-hybridized carbons (Fsp3) is 0.833. The maximum absolute atomic E-state index is 11.8. The Kier molecular flexibility index (Phi) is 3.99. The van der Waals surface area contributed by atoms with Crippen molar-refractivity contribution in [3.63, 3.8) is 0 Å². The molecule has 78 valence electrons. The van der Waals surface area contributed by atoms with Gasteiger partial charge < -0.3 is 10.2 Å². The van der Waals surface area contributed by atoms with Gasteiger partial charge in [0.25, 0.3) is 0 Å². The van der Waals surface area contributed by atoms with Crippen molar-refractivity contribution in [2.75, 3.05) is 20.1 Å². The average Bonchev–Trinajstić information content (AvgIpc) is 1.79. The first-order valence-electron chi connectivity index (χ1n) is 3.47. The highest BCUT2D eigenvalue weighted by atomic mass is 35.5. The van der Waals surface area contributed by atoms with E-state index in [0.717, 1.165) is 4.90 Å². The molecular weight excluding hydrogens is 209 g/mol. The zero-order valence-corrected chi connectivity index (χ0v) is 7.71. The second kappa shape index (κ2) is 4.15. The van der Waals surface area contributed by atoms with E-state index in [-0.39, 0.29) is 18.4 Å². The minimum atomic E-state index is -4.75. The lowest BCUT2D eigenvalue weighted by Gasteiger charge is -2.35. The minimum absolute atomic E-state index is 0. The van der Waals surface area contributed by atoms with E-state index < -0.39 is 12.1 Å². The quantitative estimate of drug-likeness (QED) is 0.691. The summed E-state index contributed by atoms with van der Waals surface area (Å²) in [5, 5.41) is 2.79. The van der Waals surface area contributed by atoms with Crippen LogP contribution in [0, 0.1) is 0 Å². The third kappa shape index (κ3) is 2.73. The summed E-state index contributed by atoms with van der Waals surface area (Å²) in [7, 11) is 1.17. The van der Waals surface area contributed by atoms with Crippen molar-refractivity contribution in [2.45, 2.75) is 12.2 Å². The molecule has 0 atom stereocenters. The Morgan fingerprint density at radius 1 is 1.46 bits per heavy atom. The van der Waals surface area contributed by atoms with E-state index in [0.29, 0.717) is 13.1 Å². The fourth-order valence-electron chi connectivity index (χ4n) is 0.913. The monoisotopic (exact) mass is 218 g/mol. The molecule has 0 saturated carbocycles. The molecule has 7 heteroatoms. The predicted octanol–water partition coefficient (Wildman–Crippen LogP) is 0.401. The molecule has 0 aromatic carbocycles. The number of alkyl halides is 3. The summed E-state index contributed by atoms with van der Waals surface area (Å²) in [5.74, 6) is -1.77. The van der Waals surface area contributed by atoms with Crippen LogP contribution in [0.3, 0.4) is 0 Å². The molecule has 0 spiro atoms. The van der Waals surface area contributed by atoms with Gasteiger partial charge in [0.2, 0.25) is 0 Å². The van der Waals surface area contributed by atoms with Gasteiger partial charge in [0.15, 0.2) is 0 Å². The zero-order valence-electron chi connectivity index (χ0n) is 6.89. The van der Waals surface area contributed by atoms with Gasteiger partial charge in [0, 0.05) is 20.1 Å². The van der Waals surface area contributed by atoms with E-state index in [4.69, 9.17) is 0 Å². The Balaban J connectivity index is 0.00000144. The molecule has 0 aliphatic carbocycles. The summed E-state index contributed by atoms with van der Waals surface area (Å²) in [6.45, 7) is 0.886. The van der Waals surface area contributed by atoms with Crippen molar-refractivity contribution in [3.05, 3.63) is 0 Å². The molecule has 0 radical (unpaired) electrons. The lowest BCUT2D eigenvalue weighted by atomic mass is 10.1. The fourth-order valence-corrected chi connectivity index (χ4v) is 0.913. The maximum Gasteiger partial charge on any atom is 0.471 e. The van der Waals surface area contributed by atoms with Gasteiger partial charge in [-0.15, -0.1) is 12.4 Å². The first kappa shape index (κ1) is 12.5. The normalized spacial score (nSPS) is 17.2. The van der Waals surface area contributed by atoms with Crippen LogP contribution in [0.1, 0.15) is 0 Å². The molecule has 3 nitrogen and oxygen atoms in total. The Hall–Kier alpha value is -0.490. The number of carbonyl (C=O) groups excluding carboxylic acids is 1. The molecule has 0 bridgehead atoms. The predicted molar refractivity (Wildman–Crippen MR) is 42.7 cm³/mol. The standard InChI is InChI=1S/C6H9F3N2O.ClH/c1-11(4-2-10-3-4)5(12)6(7,8)9;/h4,10H,2-3H2,1H3;1H. The van der Waals surface area contributed by atoms with Crippen LogP contribution in [0.5, 0.6) is 0 Å². The summed E-state index contributed by atoms with van der Waals surface area (Å²) in [4.78, 5) is 11.3. The van der Waals surface area contributed by atoms with E-state index in [1.165, 1.54) is 7.05 Å². The average molecular weight is 219 g/mol. The molecule has 0 aromatic heterocycles. The van der Waals surface area contributed by atoms with Crippen LogP contribution in [0.2, 0.25) is 0 Å². The lowest BCUT2D eigenvalue weighted by molar-refractivity contribution is -0.187. The largest absolute Gasteiger partial charge is 0.471 e. The maximum atomic E-state index is 11.8. The summed E-state index contributed by atoms with van der Waals surface area (Å²) < 4.78 is 35.4. The van der Waals surface area contributed by atoms with Crippen LogP contribution in [0.25, 0.3) is 0 Å². The van der Waals surface area contributed by atoms with Crippen molar-refractivity contribution in [2.24, 2.45) is 0 Å². The molecule has 1 amide bonds. The first-order valence-corrected chi connectivity index (χ1v) is 3.47. The first-order chi connectivity index (χ1) is 5.43. The van der Waals surface area contributed by atoms with E-state index in [9.17, 15) is 18.0 Å². The number of halogens is 4. The number of nitrogens with one attached hydrogen (secondary N) is 1. The van der Waals surface area contributed by atoms with Gasteiger partial charge in [-0.05, 0) is 0 Å². The highest BCUT2D eigenvalue weighted by Gasteiger charge is 2.43. The highest BCUT2D eigenvalue weighted by molar-refractivity contribution is 5.85. The Labute approximate surface area is 79.7 Å². The number of rotatable bonds is 1. The van der Waals surface area contributed by atoms with E-state index in [1.807, 2.05) is 0 Å². The Bertz CT molecular complexity index is 193. The minimum Gasteiger partial charge on any atom is -0.332 e. The third-order valence-electron chi connectivity index (χ3n) is 1.87. The van der Waals surface area contributed by atoms with Crippen molar-refractivity contribution < 1.29 is 18.0 Å². The molecule has 1 aliphatic rings. The van der Waals surface area contributed by atoms with Gasteiger partial charge in [-0.2, -0.15) is 13.2 Å². The molecule has 0 aromatic rings. The third-order valence-corrected chi connectivity index (χ3v) is 1.87. The summed E-state index contributed by atoms with van der Waals surface area (Å²) in [6.07, 6.45) is -4.75. The van der Waals surface area contributed by atoms with Crippen LogP contribution in [-0.2, 0) is 4.79 Å². The lowest BCUT2D eigenvalue weighted by Crippen LogP contribution is -2.59. The Morgan fingerprint density at radius 3 is 2.15 bits per heavy atom. The van der Waals surface area contributed by atoms with E-state index >= 15 is 0 Å². The van der Waals surface area contributed by atoms with Gasteiger partial charge in [-0.3, -0.25) is 4.79 Å². The van der Waals surface area contributed by atoms with Crippen LogP contribution in [0.4, 0.5) is 13.2 Å². The molecular formula is C6H10ClF3N2O. The molecule has 1 saturated heterocycles. The number of carbonyl (C=O) groups is 1. The highest BCUT2D eigenvalue weighted by Crippen LogP contribution is 2.19. The number of hydrogen-bond acceptors (Lipinski definition) is 2. The van der Waals surface area contributed by atoms with Crippen LogP contribution >= 0.6 is 12.4 Å². The van der Waals surface area contributed by atoms with Gasteiger partial charge >= 0.3 is 12.1 Å². The topological polar surface area (TPSA) is 32.3 Å². The van der Waals surface area contributed by atoms with Gasteiger partial charge in [0.1, 0.15) is 0 Å². The van der Waals surface area contributed by atoms with Crippen molar-refractivity contribution in [1.29, 1.82) is 0 Å². The number of likely N-dealkylation sites (N-methyl/N-ethyl adjacent to an activating group) is 1. The molecule has 1 rings (SSSR count). The molecule has 0 unspecified atom stereocenters. The van der Waals surface area contributed by atoms with E-state index in [1.54, 1.807) is 0 Å². The smallest absolute Gasteiger partial charge is 0.332 e. The Morgan fingerprint density at radius 2 is 1.92 bits per heavy atom. The van der Waals surface area contributed by atoms with Crippen molar-refractivity contribution >= 4 is 18.3 Å². The number of hydrogen-bond donors (Lipinski definition) is 1. The summed E-state index contributed by atoms with van der Waals surface area (Å²) >= 11 is 0. The van der Waals surface area contributed by atoms with E-state index in [2.05, 4.69) is 5.32 Å². The molecule has 1 aliphatic heterocycles. The summed E-state index contributed by atoms with van der Waals surface area (Å²) in [5.41, 5.74) is 0. The SMILES string of the molecule is CN(C(=O)C(F)(F)F)C1CNC1.Cl. The molecule has 1 heterocycles. The van der Waals surface area contributed by atoms with Gasteiger partial charge in [-0.1, -0.05) is 0 Å².